The van der Waals surface area contributed by atoms with Gasteiger partial charge in [-0.3, -0.25) is 4.79 Å². The van der Waals surface area contributed by atoms with Gasteiger partial charge in [-0.15, -0.1) is 0 Å². The maximum Gasteiger partial charge on any atom is 0.196 e. The highest BCUT2D eigenvalue weighted by Crippen LogP contribution is 2.24. The van der Waals surface area contributed by atoms with Crippen LogP contribution in [0.1, 0.15) is 35.3 Å². The Hall–Kier alpha value is -1.80. The van der Waals surface area contributed by atoms with Gasteiger partial charge in [-0.2, -0.15) is 0 Å². The first-order valence-electron chi connectivity index (χ1n) is 6.55. The van der Waals surface area contributed by atoms with Gasteiger partial charge in [0.05, 0.1) is 11.7 Å². The molecule has 0 aliphatic rings. The molecule has 104 valence electrons. The second-order valence-electron chi connectivity index (χ2n) is 4.96. The molecule has 0 amide bonds. The Bertz CT molecular complexity index is 633. The number of halogens is 1. The third kappa shape index (κ3) is 3.20. The maximum atomic E-state index is 12.6. The van der Waals surface area contributed by atoms with E-state index in [9.17, 15) is 4.79 Å². The number of carbonyl (C=O) groups is 1. The summed E-state index contributed by atoms with van der Waals surface area (Å²) in [6, 6.07) is 12.6. The van der Waals surface area contributed by atoms with Crippen LogP contribution in [0.15, 0.2) is 42.5 Å². The zero-order chi connectivity index (χ0) is 14.7. The molecule has 0 spiro atoms. The van der Waals surface area contributed by atoms with Crippen molar-refractivity contribution in [3.8, 4) is 5.75 Å². The summed E-state index contributed by atoms with van der Waals surface area (Å²) in [5.41, 5.74) is 2.08. The van der Waals surface area contributed by atoms with E-state index in [1.54, 1.807) is 24.3 Å². The normalized spacial score (nSPS) is 10.7. The van der Waals surface area contributed by atoms with E-state index in [0.717, 1.165) is 5.56 Å². The fraction of sp³-hybridized carbons (Fsp3) is 0.235. The average molecular weight is 289 g/mol. The van der Waals surface area contributed by atoms with Gasteiger partial charge in [0.1, 0.15) is 5.75 Å². The van der Waals surface area contributed by atoms with E-state index < -0.39 is 0 Å². The van der Waals surface area contributed by atoms with Gasteiger partial charge in [-0.25, -0.2) is 0 Å². The van der Waals surface area contributed by atoms with Gasteiger partial charge in [-0.05, 0) is 56.7 Å². The van der Waals surface area contributed by atoms with Crippen LogP contribution >= 0.6 is 11.6 Å². The summed E-state index contributed by atoms with van der Waals surface area (Å²) in [4.78, 5) is 12.6. The van der Waals surface area contributed by atoms with E-state index in [1.165, 1.54) is 0 Å². The Labute approximate surface area is 124 Å². The van der Waals surface area contributed by atoms with Crippen molar-refractivity contribution in [3.05, 3.63) is 64.2 Å². The van der Waals surface area contributed by atoms with Gasteiger partial charge in [-0.1, -0.05) is 23.7 Å². The van der Waals surface area contributed by atoms with Gasteiger partial charge in [0.2, 0.25) is 0 Å². The van der Waals surface area contributed by atoms with Gasteiger partial charge in [0.25, 0.3) is 0 Å². The molecule has 2 aromatic carbocycles. The summed E-state index contributed by atoms with van der Waals surface area (Å²) < 4.78 is 5.70. The lowest BCUT2D eigenvalue weighted by Crippen LogP contribution is -2.10. The molecule has 0 aliphatic carbocycles. The van der Waals surface area contributed by atoms with Crippen LogP contribution in [0.5, 0.6) is 5.75 Å². The number of ether oxygens (including phenoxy) is 1. The summed E-state index contributed by atoms with van der Waals surface area (Å²) in [7, 11) is 0. The van der Waals surface area contributed by atoms with E-state index in [-0.39, 0.29) is 11.9 Å². The summed E-state index contributed by atoms with van der Waals surface area (Å²) in [6.45, 7) is 5.76. The smallest absolute Gasteiger partial charge is 0.196 e. The molecular formula is C17H17ClO2. The van der Waals surface area contributed by atoms with Crippen molar-refractivity contribution < 1.29 is 9.53 Å². The lowest BCUT2D eigenvalue weighted by atomic mass is 10.0. The molecule has 0 saturated carbocycles. The number of aryl methyl sites for hydroxylation is 1. The van der Waals surface area contributed by atoms with Gasteiger partial charge < -0.3 is 4.74 Å². The first kappa shape index (κ1) is 14.6. The van der Waals surface area contributed by atoms with Crippen molar-refractivity contribution in [2.75, 3.05) is 0 Å². The SMILES string of the molecule is Cc1cc(C(=O)c2ccccc2OC(C)C)ccc1Cl. The Kier molecular flexibility index (Phi) is 4.46. The van der Waals surface area contributed by atoms with E-state index >= 15 is 0 Å². The fourth-order valence-electron chi connectivity index (χ4n) is 1.95. The van der Waals surface area contributed by atoms with Crippen molar-refractivity contribution in [1.29, 1.82) is 0 Å². The highest BCUT2D eigenvalue weighted by atomic mass is 35.5. The molecule has 20 heavy (non-hydrogen) atoms. The number of rotatable bonds is 4. The molecule has 0 aromatic heterocycles. The van der Waals surface area contributed by atoms with Crippen LogP contribution in [0.25, 0.3) is 0 Å². The van der Waals surface area contributed by atoms with Crippen LogP contribution in [0.3, 0.4) is 0 Å². The monoisotopic (exact) mass is 288 g/mol. The van der Waals surface area contributed by atoms with E-state index in [4.69, 9.17) is 16.3 Å². The Morgan fingerprint density at radius 3 is 2.50 bits per heavy atom. The maximum absolute atomic E-state index is 12.6. The number of hydrogen-bond acceptors (Lipinski definition) is 2. The molecule has 0 unspecified atom stereocenters. The minimum Gasteiger partial charge on any atom is -0.490 e. The molecular weight excluding hydrogens is 272 g/mol. The Balaban J connectivity index is 2.40. The van der Waals surface area contributed by atoms with E-state index in [2.05, 4.69) is 0 Å². The number of benzene rings is 2. The van der Waals surface area contributed by atoms with Crippen molar-refractivity contribution in [3.63, 3.8) is 0 Å². The second kappa shape index (κ2) is 6.10. The van der Waals surface area contributed by atoms with Crippen LogP contribution in [0, 0.1) is 6.92 Å². The molecule has 2 rings (SSSR count). The molecule has 0 bridgehead atoms. The zero-order valence-corrected chi connectivity index (χ0v) is 12.6. The molecule has 0 fully saturated rings. The highest BCUT2D eigenvalue weighted by molar-refractivity contribution is 6.31. The third-order valence-corrected chi connectivity index (χ3v) is 3.34. The first-order valence-corrected chi connectivity index (χ1v) is 6.93. The molecule has 0 saturated heterocycles. The van der Waals surface area contributed by atoms with Crippen LogP contribution in [0.4, 0.5) is 0 Å². The third-order valence-electron chi connectivity index (χ3n) is 2.91. The zero-order valence-electron chi connectivity index (χ0n) is 11.8. The lowest BCUT2D eigenvalue weighted by Gasteiger charge is -2.13. The molecule has 2 nitrogen and oxygen atoms in total. The number of para-hydroxylation sites is 1. The van der Waals surface area contributed by atoms with Crippen molar-refractivity contribution in [2.45, 2.75) is 26.9 Å². The minimum absolute atomic E-state index is 0.0240. The van der Waals surface area contributed by atoms with Crippen LogP contribution in [-0.2, 0) is 0 Å². The largest absolute Gasteiger partial charge is 0.490 e. The first-order chi connectivity index (χ1) is 9.49. The molecule has 2 aromatic rings. The number of carbonyl (C=O) groups excluding carboxylic acids is 1. The van der Waals surface area contributed by atoms with Crippen LogP contribution in [0.2, 0.25) is 5.02 Å². The van der Waals surface area contributed by atoms with Crippen LogP contribution in [-0.4, -0.2) is 11.9 Å². The van der Waals surface area contributed by atoms with Crippen molar-refractivity contribution in [1.82, 2.24) is 0 Å². The highest BCUT2D eigenvalue weighted by Gasteiger charge is 2.15. The molecule has 0 N–H and O–H groups in total. The van der Waals surface area contributed by atoms with Gasteiger partial charge >= 0.3 is 0 Å². The topological polar surface area (TPSA) is 26.3 Å². The summed E-state index contributed by atoms with van der Waals surface area (Å²) in [6.07, 6.45) is 0.0240. The molecule has 0 aliphatic heterocycles. The van der Waals surface area contributed by atoms with Crippen molar-refractivity contribution in [2.24, 2.45) is 0 Å². The number of ketones is 1. The Morgan fingerprint density at radius 2 is 1.85 bits per heavy atom. The van der Waals surface area contributed by atoms with E-state index in [1.807, 2.05) is 39.0 Å². The summed E-state index contributed by atoms with van der Waals surface area (Å²) >= 11 is 6.00. The predicted molar refractivity (Wildman–Crippen MR) is 81.8 cm³/mol. The van der Waals surface area contributed by atoms with E-state index in [0.29, 0.717) is 21.9 Å². The summed E-state index contributed by atoms with van der Waals surface area (Å²) in [5.74, 6) is 0.557. The fourth-order valence-corrected chi connectivity index (χ4v) is 2.07. The molecule has 0 heterocycles. The quantitative estimate of drug-likeness (QED) is 0.765. The molecule has 0 atom stereocenters. The van der Waals surface area contributed by atoms with Gasteiger partial charge in [0.15, 0.2) is 5.78 Å². The summed E-state index contributed by atoms with van der Waals surface area (Å²) in [5, 5.41) is 0.660. The molecule has 3 heteroatoms. The average Bonchev–Trinajstić information content (AvgIpc) is 2.41. The molecule has 0 radical (unpaired) electrons. The minimum atomic E-state index is -0.0546. The standard InChI is InChI=1S/C17H17ClO2/c1-11(2)20-16-7-5-4-6-14(16)17(19)13-8-9-15(18)12(3)10-13/h4-11H,1-3H3. The number of hydrogen-bond donors (Lipinski definition) is 0. The van der Waals surface area contributed by atoms with Gasteiger partial charge in [0, 0.05) is 10.6 Å². The lowest BCUT2D eigenvalue weighted by molar-refractivity contribution is 0.103. The predicted octanol–water partition coefficient (Wildman–Crippen LogP) is 4.67. The second-order valence-corrected chi connectivity index (χ2v) is 5.36. The van der Waals surface area contributed by atoms with Crippen molar-refractivity contribution >= 4 is 17.4 Å². The Morgan fingerprint density at radius 1 is 1.15 bits per heavy atom. The van der Waals surface area contributed by atoms with Crippen LogP contribution < -0.4 is 4.74 Å².